The van der Waals surface area contributed by atoms with E-state index in [0.29, 0.717) is 23.9 Å². The maximum absolute atomic E-state index is 12.4. The zero-order chi connectivity index (χ0) is 27.0. The fraction of sp³-hybridized carbons (Fsp3) is 0.400. The minimum absolute atomic E-state index is 0.185. The third-order valence-electron chi connectivity index (χ3n) is 6.16. The number of anilines is 2. The van der Waals surface area contributed by atoms with Crippen LogP contribution in [0.1, 0.15) is 49.6 Å². The third kappa shape index (κ3) is 8.10. The van der Waals surface area contributed by atoms with Crippen LogP contribution in [0, 0.1) is 18.8 Å². The Morgan fingerprint density at radius 2 is 1.74 bits per heavy atom. The SMILES string of the molecule is Cc1cc(C#Cc2ccc(OCCCN3CCOCC3)cc2)ccc1NC(=O)Nc1cc(C(C)(C)C)on1. The zero-order valence-corrected chi connectivity index (χ0v) is 22.6. The molecule has 2 heterocycles. The van der Waals surface area contributed by atoms with Crippen molar-refractivity contribution in [3.63, 3.8) is 0 Å². The van der Waals surface area contributed by atoms with Gasteiger partial charge >= 0.3 is 6.03 Å². The molecular weight excluding hydrogens is 480 g/mol. The van der Waals surface area contributed by atoms with Gasteiger partial charge in [-0.2, -0.15) is 0 Å². The molecule has 3 aromatic rings. The van der Waals surface area contributed by atoms with Crippen molar-refractivity contribution < 1.29 is 18.8 Å². The second-order valence-electron chi connectivity index (χ2n) is 10.4. The maximum atomic E-state index is 12.4. The molecule has 8 nitrogen and oxygen atoms in total. The summed E-state index contributed by atoms with van der Waals surface area (Å²) < 4.78 is 16.6. The van der Waals surface area contributed by atoms with Crippen LogP contribution in [-0.4, -0.2) is 55.5 Å². The van der Waals surface area contributed by atoms with Crippen molar-refractivity contribution in [1.29, 1.82) is 0 Å². The molecule has 2 N–H and O–H groups in total. The second kappa shape index (κ2) is 12.6. The van der Waals surface area contributed by atoms with E-state index < -0.39 is 0 Å². The quantitative estimate of drug-likeness (QED) is 0.322. The van der Waals surface area contributed by atoms with Gasteiger partial charge in [-0.25, -0.2) is 4.79 Å². The summed E-state index contributed by atoms with van der Waals surface area (Å²) in [6, 6.07) is 14.9. The Morgan fingerprint density at radius 1 is 1.03 bits per heavy atom. The molecule has 1 aliphatic heterocycles. The highest BCUT2D eigenvalue weighted by molar-refractivity contribution is 5.99. The predicted octanol–water partition coefficient (Wildman–Crippen LogP) is 5.43. The van der Waals surface area contributed by atoms with Gasteiger partial charge in [-0.15, -0.1) is 0 Å². The van der Waals surface area contributed by atoms with Crippen molar-refractivity contribution in [1.82, 2.24) is 10.1 Å². The first-order chi connectivity index (χ1) is 18.3. The highest BCUT2D eigenvalue weighted by atomic mass is 16.5. The van der Waals surface area contributed by atoms with Crippen LogP contribution in [0.15, 0.2) is 53.1 Å². The number of carbonyl (C=O) groups is 1. The monoisotopic (exact) mass is 516 g/mol. The summed E-state index contributed by atoms with van der Waals surface area (Å²) in [5.41, 5.74) is 3.19. The van der Waals surface area contributed by atoms with Crippen LogP contribution in [-0.2, 0) is 10.2 Å². The average molecular weight is 517 g/mol. The number of benzene rings is 2. The number of rotatable bonds is 7. The lowest BCUT2D eigenvalue weighted by atomic mass is 9.93. The Labute approximate surface area is 224 Å². The van der Waals surface area contributed by atoms with E-state index in [-0.39, 0.29) is 11.4 Å². The van der Waals surface area contributed by atoms with Gasteiger partial charge in [-0.1, -0.05) is 37.8 Å². The molecule has 0 atom stereocenters. The van der Waals surface area contributed by atoms with Gasteiger partial charge in [0.05, 0.1) is 19.8 Å². The number of nitrogens with one attached hydrogen (secondary N) is 2. The molecule has 0 bridgehead atoms. The number of hydrogen-bond donors (Lipinski definition) is 2. The summed E-state index contributed by atoms with van der Waals surface area (Å²) in [7, 11) is 0. The summed E-state index contributed by atoms with van der Waals surface area (Å²) >= 11 is 0. The topological polar surface area (TPSA) is 88.9 Å². The van der Waals surface area contributed by atoms with Crippen LogP contribution in [0.2, 0.25) is 0 Å². The first-order valence-corrected chi connectivity index (χ1v) is 13.0. The number of hydrogen-bond acceptors (Lipinski definition) is 6. The molecule has 200 valence electrons. The number of ether oxygens (including phenoxy) is 2. The minimum Gasteiger partial charge on any atom is -0.494 e. The summed E-state index contributed by atoms with van der Waals surface area (Å²) in [6.45, 7) is 13.4. The molecule has 0 radical (unpaired) electrons. The van der Waals surface area contributed by atoms with Gasteiger partial charge in [0.2, 0.25) is 0 Å². The lowest BCUT2D eigenvalue weighted by molar-refractivity contribution is 0.0358. The van der Waals surface area contributed by atoms with Gasteiger partial charge in [0.15, 0.2) is 5.82 Å². The van der Waals surface area contributed by atoms with Crippen molar-refractivity contribution in [2.24, 2.45) is 0 Å². The molecule has 1 fully saturated rings. The van der Waals surface area contributed by atoms with Crippen molar-refractivity contribution in [2.75, 3.05) is 50.1 Å². The molecule has 0 unspecified atom stereocenters. The third-order valence-corrected chi connectivity index (χ3v) is 6.16. The summed E-state index contributed by atoms with van der Waals surface area (Å²) in [6.07, 6.45) is 0.992. The van der Waals surface area contributed by atoms with Crippen molar-refractivity contribution in [3.8, 4) is 17.6 Å². The standard InChI is InChI=1S/C30H36N4O4/c1-22-20-24(10-13-26(22)31-29(35)32-28-21-27(38-33-28)30(2,3)4)7-6-23-8-11-25(12-9-23)37-17-5-14-34-15-18-36-19-16-34/h8-13,20-21H,5,14-19H2,1-4H3,(H2,31,32,33,35). The fourth-order valence-electron chi connectivity index (χ4n) is 3.92. The number of aryl methyl sites for hydroxylation is 1. The molecule has 4 rings (SSSR count). The molecule has 2 amide bonds. The van der Waals surface area contributed by atoms with Crippen molar-refractivity contribution in [3.05, 3.63) is 71.0 Å². The molecule has 0 spiro atoms. The van der Waals surface area contributed by atoms with Gasteiger partial charge < -0.3 is 19.3 Å². The van der Waals surface area contributed by atoms with E-state index in [1.807, 2.05) is 70.2 Å². The predicted molar refractivity (Wildman–Crippen MR) is 149 cm³/mol. The van der Waals surface area contributed by atoms with E-state index in [2.05, 4.69) is 32.5 Å². The molecule has 1 aromatic heterocycles. The number of urea groups is 1. The number of nitrogens with zero attached hydrogens (tertiary/aromatic N) is 2. The number of carbonyl (C=O) groups excluding carboxylic acids is 1. The summed E-state index contributed by atoms with van der Waals surface area (Å²) in [5.74, 6) is 8.30. The summed E-state index contributed by atoms with van der Waals surface area (Å²) in [5, 5.41) is 9.48. The first-order valence-electron chi connectivity index (χ1n) is 13.0. The van der Waals surface area contributed by atoms with Crippen LogP contribution >= 0.6 is 0 Å². The Bertz CT molecular complexity index is 1280. The average Bonchev–Trinajstić information content (AvgIpc) is 3.37. The molecule has 1 saturated heterocycles. The van der Waals surface area contributed by atoms with Gasteiger partial charge in [-0.3, -0.25) is 10.2 Å². The zero-order valence-electron chi connectivity index (χ0n) is 22.6. The smallest absolute Gasteiger partial charge is 0.324 e. The highest BCUT2D eigenvalue weighted by Gasteiger charge is 2.20. The van der Waals surface area contributed by atoms with Crippen LogP contribution in [0.3, 0.4) is 0 Å². The molecule has 8 heteroatoms. The van der Waals surface area contributed by atoms with Crippen LogP contribution in [0.25, 0.3) is 0 Å². The molecular formula is C30H36N4O4. The van der Waals surface area contributed by atoms with Crippen LogP contribution < -0.4 is 15.4 Å². The molecule has 38 heavy (non-hydrogen) atoms. The Balaban J connectivity index is 1.25. The number of amides is 2. The van der Waals surface area contributed by atoms with Gasteiger partial charge in [0.1, 0.15) is 11.5 Å². The van der Waals surface area contributed by atoms with E-state index in [0.717, 1.165) is 61.7 Å². The van der Waals surface area contributed by atoms with E-state index >= 15 is 0 Å². The van der Waals surface area contributed by atoms with Crippen LogP contribution in [0.4, 0.5) is 16.3 Å². The first kappa shape index (κ1) is 27.2. The van der Waals surface area contributed by atoms with Crippen LogP contribution in [0.5, 0.6) is 5.75 Å². The highest BCUT2D eigenvalue weighted by Crippen LogP contribution is 2.24. The minimum atomic E-state index is -0.385. The summed E-state index contributed by atoms with van der Waals surface area (Å²) in [4.78, 5) is 14.8. The molecule has 1 aliphatic rings. The normalized spacial score (nSPS) is 13.9. The van der Waals surface area contributed by atoms with E-state index in [1.165, 1.54) is 0 Å². The molecule has 2 aromatic carbocycles. The molecule has 0 saturated carbocycles. The van der Waals surface area contributed by atoms with E-state index in [1.54, 1.807) is 6.07 Å². The Hall–Kier alpha value is -3.80. The molecule has 0 aliphatic carbocycles. The van der Waals surface area contributed by atoms with Crippen molar-refractivity contribution in [2.45, 2.75) is 39.5 Å². The fourth-order valence-corrected chi connectivity index (χ4v) is 3.92. The Kier molecular flexibility index (Phi) is 9.06. The number of morpholine rings is 1. The Morgan fingerprint density at radius 3 is 2.42 bits per heavy atom. The second-order valence-corrected chi connectivity index (χ2v) is 10.4. The number of aromatic nitrogens is 1. The maximum Gasteiger partial charge on any atom is 0.324 e. The van der Waals surface area contributed by atoms with Gasteiger partial charge in [0, 0.05) is 47.9 Å². The van der Waals surface area contributed by atoms with Crippen molar-refractivity contribution >= 4 is 17.5 Å². The van der Waals surface area contributed by atoms with E-state index in [4.69, 9.17) is 14.0 Å². The van der Waals surface area contributed by atoms with E-state index in [9.17, 15) is 4.79 Å². The lowest BCUT2D eigenvalue weighted by Gasteiger charge is -2.26. The van der Waals surface area contributed by atoms with Gasteiger partial charge in [0.25, 0.3) is 0 Å². The largest absolute Gasteiger partial charge is 0.494 e. The lowest BCUT2D eigenvalue weighted by Crippen LogP contribution is -2.37. The van der Waals surface area contributed by atoms with Gasteiger partial charge in [-0.05, 0) is 61.4 Å².